The maximum absolute atomic E-state index is 12.9. The molecule has 6 rings (SSSR count). The summed E-state index contributed by atoms with van der Waals surface area (Å²) in [6.07, 6.45) is -1.97. The lowest BCUT2D eigenvalue weighted by molar-refractivity contribution is -0.126. The van der Waals surface area contributed by atoms with Crippen LogP contribution in [-0.4, -0.2) is 86.7 Å². The zero-order chi connectivity index (χ0) is 31.6. The molecule has 0 spiro atoms. The number of benzene rings is 1. The Morgan fingerprint density at radius 3 is 2.56 bits per heavy atom. The number of aryl methyl sites for hydroxylation is 1. The average molecular weight is 655 g/mol. The van der Waals surface area contributed by atoms with Crippen LogP contribution in [0.15, 0.2) is 42.6 Å². The summed E-state index contributed by atoms with van der Waals surface area (Å²) in [6.45, 7) is 14.3. The lowest BCUT2D eigenvalue weighted by Crippen LogP contribution is -2.44. The van der Waals surface area contributed by atoms with Gasteiger partial charge in [-0.1, -0.05) is 24.6 Å². The van der Waals surface area contributed by atoms with Gasteiger partial charge in [0.25, 0.3) is 0 Å². The summed E-state index contributed by atoms with van der Waals surface area (Å²) in [5.41, 5.74) is 4.29. The molecule has 45 heavy (non-hydrogen) atoms. The summed E-state index contributed by atoms with van der Waals surface area (Å²) < 4.78 is 43.3. The normalized spacial score (nSPS) is 17.7. The Morgan fingerprint density at radius 2 is 1.84 bits per heavy atom. The van der Waals surface area contributed by atoms with Crippen molar-refractivity contribution in [1.29, 1.82) is 5.26 Å². The number of rotatable bonds is 10. The Bertz CT molecular complexity index is 1690. The van der Waals surface area contributed by atoms with Crippen molar-refractivity contribution in [2.24, 2.45) is 0 Å². The summed E-state index contributed by atoms with van der Waals surface area (Å²) in [4.78, 5) is 14.3. The fraction of sp³-hybridized carbons (Fsp3) is 0.469. The highest BCUT2D eigenvalue weighted by Crippen LogP contribution is 2.33. The van der Waals surface area contributed by atoms with Gasteiger partial charge in [0.05, 0.1) is 11.8 Å². The third kappa shape index (κ3) is 7.47. The second-order valence-electron chi connectivity index (χ2n) is 11.8. The number of nitrogens with one attached hydrogen (secondary N) is 1. The van der Waals surface area contributed by atoms with E-state index in [-0.39, 0.29) is 10.9 Å². The second-order valence-corrected chi connectivity index (χ2v) is 13.9. The number of hydrogen-bond donors (Lipinski definition) is 1. The summed E-state index contributed by atoms with van der Waals surface area (Å²) in [5.74, 6) is 0.608. The van der Waals surface area contributed by atoms with Crippen LogP contribution in [0.5, 0.6) is 0 Å². The Labute approximate surface area is 269 Å². The number of anilines is 1. The summed E-state index contributed by atoms with van der Waals surface area (Å²) >= 11 is 2.75. The van der Waals surface area contributed by atoms with Gasteiger partial charge in [0.15, 0.2) is 0 Å². The van der Waals surface area contributed by atoms with E-state index in [9.17, 15) is 18.4 Å². The predicted octanol–water partition coefficient (Wildman–Crippen LogP) is 6.42. The number of nitrogens with zero attached hydrogens (tertiary/aromatic N) is 7. The number of aromatic nitrogens is 3. The Kier molecular flexibility index (Phi) is 9.68. The van der Waals surface area contributed by atoms with Gasteiger partial charge in [-0.3, -0.25) is 9.80 Å². The van der Waals surface area contributed by atoms with Gasteiger partial charge in [-0.25, -0.2) is 14.3 Å². The first-order valence-corrected chi connectivity index (χ1v) is 16.9. The predicted molar refractivity (Wildman–Crippen MR) is 176 cm³/mol. The summed E-state index contributed by atoms with van der Waals surface area (Å²) in [5, 5.41) is 17.1. The molecule has 0 atom stereocenters. The van der Waals surface area contributed by atoms with Crippen molar-refractivity contribution >= 4 is 50.2 Å². The summed E-state index contributed by atoms with van der Waals surface area (Å²) in [6, 6.07) is 10.6. The van der Waals surface area contributed by atoms with Gasteiger partial charge in [0, 0.05) is 80.7 Å². The van der Waals surface area contributed by atoms with Crippen molar-refractivity contribution in [1.82, 2.24) is 28.6 Å². The molecule has 2 fully saturated rings. The third-order valence-electron chi connectivity index (χ3n) is 8.85. The molecule has 13 heteroatoms. The molecule has 2 saturated heterocycles. The van der Waals surface area contributed by atoms with Gasteiger partial charge in [0.2, 0.25) is 0 Å². The molecule has 0 bridgehead atoms. The molecule has 4 aromatic rings. The molecule has 3 aromatic heterocycles. The van der Waals surface area contributed by atoms with E-state index in [1.165, 1.54) is 17.5 Å². The first-order chi connectivity index (χ1) is 21.7. The molecule has 1 aromatic carbocycles. The Hall–Kier alpha value is -3.15. The highest BCUT2D eigenvalue weighted by Gasteiger charge is 2.29. The number of halogens is 3. The quantitative estimate of drug-likeness (QED) is 0.197. The van der Waals surface area contributed by atoms with Crippen LogP contribution in [0.4, 0.5) is 19.0 Å². The molecule has 2 aliphatic heterocycles. The minimum absolute atomic E-state index is 0.185. The number of fused-ring (bicyclic) bond motifs is 2. The number of piperazine rings is 1. The highest BCUT2D eigenvalue weighted by molar-refractivity contribution is 7.99. The fourth-order valence-corrected chi connectivity index (χ4v) is 8.02. The van der Waals surface area contributed by atoms with E-state index in [1.54, 1.807) is 18.0 Å². The SMILES string of the molecule is C=CSN1CCN(CCn2c(C#N)cc3c(C)c(CN4CCC(Nc5ncnc6sc(CC(F)(F)F)cc56)CC4)ccc32)CC1. The molecule has 238 valence electrons. The zero-order valence-corrected chi connectivity index (χ0v) is 26.9. The van der Waals surface area contributed by atoms with Crippen LogP contribution in [0.3, 0.4) is 0 Å². The van der Waals surface area contributed by atoms with Crippen LogP contribution >= 0.6 is 23.3 Å². The van der Waals surface area contributed by atoms with E-state index in [0.29, 0.717) is 21.7 Å². The van der Waals surface area contributed by atoms with Crippen LogP contribution in [0.1, 0.15) is 34.5 Å². The Morgan fingerprint density at radius 1 is 1.07 bits per heavy atom. The van der Waals surface area contributed by atoms with Crippen LogP contribution in [-0.2, 0) is 19.5 Å². The molecule has 0 saturated carbocycles. The number of alkyl halides is 3. The van der Waals surface area contributed by atoms with E-state index in [1.807, 2.05) is 11.5 Å². The van der Waals surface area contributed by atoms with Gasteiger partial charge in [-0.05, 0) is 54.5 Å². The van der Waals surface area contributed by atoms with Crippen molar-refractivity contribution in [3.05, 3.63) is 64.3 Å². The number of thiophene rings is 1. The minimum Gasteiger partial charge on any atom is -0.367 e. The number of nitriles is 1. The van der Waals surface area contributed by atoms with Gasteiger partial charge >= 0.3 is 6.18 Å². The van der Waals surface area contributed by atoms with E-state index < -0.39 is 12.6 Å². The maximum atomic E-state index is 12.9. The smallest absolute Gasteiger partial charge is 0.367 e. The molecule has 8 nitrogen and oxygen atoms in total. The van der Waals surface area contributed by atoms with Crippen LogP contribution < -0.4 is 5.32 Å². The van der Waals surface area contributed by atoms with E-state index in [0.717, 1.165) is 94.0 Å². The third-order valence-corrected chi connectivity index (χ3v) is 10.7. The minimum atomic E-state index is -4.25. The molecular formula is C32H37F3N8S2. The molecule has 0 radical (unpaired) electrons. The van der Waals surface area contributed by atoms with E-state index >= 15 is 0 Å². The molecular weight excluding hydrogens is 618 g/mol. The topological polar surface area (TPSA) is 76.2 Å². The molecule has 0 unspecified atom stereocenters. The van der Waals surface area contributed by atoms with Crippen LogP contribution in [0.2, 0.25) is 0 Å². The van der Waals surface area contributed by atoms with Crippen molar-refractivity contribution in [2.75, 3.05) is 51.1 Å². The van der Waals surface area contributed by atoms with Crippen LogP contribution in [0, 0.1) is 18.3 Å². The first kappa shape index (κ1) is 31.8. The number of likely N-dealkylation sites (tertiary alicyclic amines) is 1. The number of hydrogen-bond acceptors (Lipinski definition) is 9. The van der Waals surface area contributed by atoms with Crippen molar-refractivity contribution < 1.29 is 13.2 Å². The molecule has 1 N–H and O–H groups in total. The lowest BCUT2D eigenvalue weighted by Gasteiger charge is -2.33. The largest absolute Gasteiger partial charge is 0.393 e. The summed E-state index contributed by atoms with van der Waals surface area (Å²) in [7, 11) is 0. The highest BCUT2D eigenvalue weighted by atomic mass is 32.2. The molecule has 5 heterocycles. The van der Waals surface area contributed by atoms with E-state index in [2.05, 4.69) is 65.7 Å². The van der Waals surface area contributed by atoms with E-state index in [4.69, 9.17) is 0 Å². The maximum Gasteiger partial charge on any atom is 0.393 e. The van der Waals surface area contributed by atoms with Crippen LogP contribution in [0.25, 0.3) is 21.1 Å². The number of piperidine rings is 1. The fourth-order valence-electron chi connectivity index (χ4n) is 6.41. The van der Waals surface area contributed by atoms with Crippen molar-refractivity contribution in [2.45, 2.75) is 51.5 Å². The monoisotopic (exact) mass is 654 g/mol. The van der Waals surface area contributed by atoms with Crippen molar-refractivity contribution in [3.8, 4) is 6.07 Å². The molecule has 2 aliphatic rings. The molecule has 0 amide bonds. The zero-order valence-electron chi connectivity index (χ0n) is 25.3. The average Bonchev–Trinajstić information content (AvgIpc) is 3.59. The van der Waals surface area contributed by atoms with Gasteiger partial charge < -0.3 is 9.88 Å². The first-order valence-electron chi connectivity index (χ1n) is 15.3. The lowest BCUT2D eigenvalue weighted by atomic mass is 10.0. The standard InChI is InChI=1S/C32H37F3N8S2/c1-3-44-42-13-10-40(11-14-42)12-15-43-25(19-36)16-27-22(2)23(4-5-29(27)43)20-41-8-6-24(7-9-41)39-30-28-17-26(18-32(33,34)35)45-31(28)38-21-37-30/h3-5,16-17,21,24H,1,6-15,18,20H2,2H3,(H,37,38,39). The molecule has 0 aliphatic carbocycles. The second kappa shape index (κ2) is 13.7. The van der Waals surface area contributed by atoms with Gasteiger partial charge in [-0.15, -0.1) is 11.3 Å². The van der Waals surface area contributed by atoms with Crippen molar-refractivity contribution in [3.63, 3.8) is 0 Å². The van der Waals surface area contributed by atoms with Gasteiger partial charge in [-0.2, -0.15) is 18.4 Å². The van der Waals surface area contributed by atoms with Gasteiger partial charge in [0.1, 0.15) is 28.7 Å². The Balaban J connectivity index is 1.06.